The molecule has 0 aromatic heterocycles. The standard InChI is InChI=1S/C13H15NO4/c1-8(15)14-7-6-11(12(14)13(17)18)9-2-4-10(16)5-3-9/h2-5,11-12,16H,6-7H2,1H3,(H,17,18)/t11-,12+/m0/s1. The van der Waals surface area contributed by atoms with Crippen molar-refractivity contribution in [1.82, 2.24) is 4.90 Å². The summed E-state index contributed by atoms with van der Waals surface area (Å²) in [5, 5.41) is 18.5. The molecule has 0 saturated carbocycles. The zero-order valence-corrected chi connectivity index (χ0v) is 10.0. The van der Waals surface area contributed by atoms with Gasteiger partial charge in [0.2, 0.25) is 5.91 Å². The highest BCUT2D eigenvalue weighted by molar-refractivity contribution is 5.84. The van der Waals surface area contributed by atoms with Gasteiger partial charge in [0, 0.05) is 19.4 Å². The largest absolute Gasteiger partial charge is 0.508 e. The summed E-state index contributed by atoms with van der Waals surface area (Å²) in [5.74, 6) is -1.27. The average molecular weight is 249 g/mol. The Kier molecular flexibility index (Phi) is 3.23. The molecule has 5 heteroatoms. The molecule has 2 atom stereocenters. The highest BCUT2D eigenvalue weighted by Gasteiger charge is 2.41. The highest BCUT2D eigenvalue weighted by Crippen LogP contribution is 2.34. The molecule has 18 heavy (non-hydrogen) atoms. The predicted octanol–water partition coefficient (Wildman–Crippen LogP) is 1.18. The van der Waals surface area contributed by atoms with Crippen molar-refractivity contribution in [1.29, 1.82) is 0 Å². The van der Waals surface area contributed by atoms with Gasteiger partial charge in [-0.25, -0.2) is 4.79 Å². The van der Waals surface area contributed by atoms with E-state index in [1.54, 1.807) is 12.1 Å². The molecule has 0 spiro atoms. The number of aliphatic carboxylic acids is 1. The van der Waals surface area contributed by atoms with Crippen molar-refractivity contribution < 1.29 is 19.8 Å². The Labute approximate surface area is 105 Å². The third kappa shape index (κ3) is 2.16. The Balaban J connectivity index is 2.30. The first kappa shape index (κ1) is 12.4. The van der Waals surface area contributed by atoms with Crippen LogP contribution >= 0.6 is 0 Å². The van der Waals surface area contributed by atoms with Gasteiger partial charge in [-0.3, -0.25) is 4.79 Å². The van der Waals surface area contributed by atoms with Gasteiger partial charge in [0.1, 0.15) is 11.8 Å². The van der Waals surface area contributed by atoms with Crippen molar-refractivity contribution >= 4 is 11.9 Å². The minimum atomic E-state index is -0.985. The molecule has 1 saturated heterocycles. The Bertz CT molecular complexity index is 468. The van der Waals surface area contributed by atoms with Crippen LogP contribution in [0.5, 0.6) is 5.75 Å². The molecule has 1 aromatic carbocycles. The molecule has 1 aromatic rings. The van der Waals surface area contributed by atoms with E-state index in [4.69, 9.17) is 0 Å². The number of carboxylic acid groups (broad SMARTS) is 1. The maximum Gasteiger partial charge on any atom is 0.327 e. The average Bonchev–Trinajstić information content (AvgIpc) is 2.74. The quantitative estimate of drug-likeness (QED) is 0.825. The van der Waals surface area contributed by atoms with Crippen LogP contribution < -0.4 is 0 Å². The molecule has 5 nitrogen and oxygen atoms in total. The van der Waals surface area contributed by atoms with Crippen LogP contribution in [0.2, 0.25) is 0 Å². The van der Waals surface area contributed by atoms with E-state index in [1.807, 2.05) is 0 Å². The number of rotatable bonds is 2. The van der Waals surface area contributed by atoms with Crippen molar-refractivity contribution in [2.45, 2.75) is 25.3 Å². The second kappa shape index (κ2) is 4.68. The van der Waals surface area contributed by atoms with Gasteiger partial charge in [-0.15, -0.1) is 0 Å². The lowest BCUT2D eigenvalue weighted by molar-refractivity contribution is -0.147. The first-order valence-electron chi connectivity index (χ1n) is 5.79. The summed E-state index contributed by atoms with van der Waals surface area (Å²) in [6.07, 6.45) is 0.626. The molecule has 96 valence electrons. The van der Waals surface area contributed by atoms with Crippen LogP contribution in [0, 0.1) is 0 Å². The molecule has 1 fully saturated rings. The van der Waals surface area contributed by atoms with Gasteiger partial charge in [-0.1, -0.05) is 12.1 Å². The van der Waals surface area contributed by atoms with Crippen molar-refractivity contribution in [2.75, 3.05) is 6.54 Å². The molecular formula is C13H15NO4. The van der Waals surface area contributed by atoms with E-state index < -0.39 is 12.0 Å². The van der Waals surface area contributed by atoms with E-state index in [0.717, 1.165) is 5.56 Å². The summed E-state index contributed by atoms with van der Waals surface area (Å²) in [6.45, 7) is 1.84. The molecule has 2 rings (SSSR count). The van der Waals surface area contributed by atoms with E-state index >= 15 is 0 Å². The lowest BCUT2D eigenvalue weighted by Gasteiger charge is -2.23. The normalized spacial score (nSPS) is 23.1. The number of phenols is 1. The van der Waals surface area contributed by atoms with Crippen LogP contribution in [0.3, 0.4) is 0 Å². The Morgan fingerprint density at radius 1 is 1.28 bits per heavy atom. The number of aromatic hydroxyl groups is 1. The summed E-state index contributed by atoms with van der Waals surface area (Å²) >= 11 is 0. The predicted molar refractivity (Wildman–Crippen MR) is 64.3 cm³/mol. The fraction of sp³-hybridized carbons (Fsp3) is 0.385. The van der Waals surface area contributed by atoms with Crippen molar-refractivity contribution in [3.8, 4) is 5.75 Å². The number of nitrogens with zero attached hydrogens (tertiary/aromatic N) is 1. The van der Waals surface area contributed by atoms with Crippen LogP contribution in [0.25, 0.3) is 0 Å². The number of hydrogen-bond donors (Lipinski definition) is 2. The van der Waals surface area contributed by atoms with Gasteiger partial charge in [0.05, 0.1) is 0 Å². The van der Waals surface area contributed by atoms with Gasteiger partial charge >= 0.3 is 5.97 Å². The Morgan fingerprint density at radius 3 is 2.39 bits per heavy atom. The second-order valence-corrected chi connectivity index (χ2v) is 4.48. The van der Waals surface area contributed by atoms with E-state index in [-0.39, 0.29) is 17.6 Å². The maximum atomic E-state index is 11.4. The smallest absolute Gasteiger partial charge is 0.327 e. The van der Waals surface area contributed by atoms with Crippen LogP contribution in [0.15, 0.2) is 24.3 Å². The number of hydrogen-bond acceptors (Lipinski definition) is 3. The summed E-state index contributed by atoms with van der Waals surface area (Å²) in [6, 6.07) is 5.67. The van der Waals surface area contributed by atoms with Crippen LogP contribution in [-0.2, 0) is 9.59 Å². The number of amides is 1. The molecule has 0 aliphatic carbocycles. The molecule has 1 amide bonds. The molecule has 0 unspecified atom stereocenters. The first-order valence-corrected chi connectivity index (χ1v) is 5.79. The van der Waals surface area contributed by atoms with Gasteiger partial charge in [-0.2, -0.15) is 0 Å². The van der Waals surface area contributed by atoms with Gasteiger partial charge in [0.15, 0.2) is 0 Å². The number of phenolic OH excluding ortho intramolecular Hbond substituents is 1. The van der Waals surface area contributed by atoms with Crippen LogP contribution in [-0.4, -0.2) is 39.6 Å². The topological polar surface area (TPSA) is 77.8 Å². The van der Waals surface area contributed by atoms with Crippen molar-refractivity contribution in [3.05, 3.63) is 29.8 Å². The lowest BCUT2D eigenvalue weighted by Crippen LogP contribution is -2.41. The van der Waals surface area contributed by atoms with Crippen LogP contribution in [0.1, 0.15) is 24.8 Å². The van der Waals surface area contributed by atoms with Crippen molar-refractivity contribution in [2.24, 2.45) is 0 Å². The van der Waals surface area contributed by atoms with Gasteiger partial charge in [0.25, 0.3) is 0 Å². The number of likely N-dealkylation sites (tertiary alicyclic amines) is 1. The molecule has 0 radical (unpaired) electrons. The number of benzene rings is 1. The minimum absolute atomic E-state index is 0.145. The second-order valence-electron chi connectivity index (χ2n) is 4.48. The van der Waals surface area contributed by atoms with E-state index in [2.05, 4.69) is 0 Å². The minimum Gasteiger partial charge on any atom is -0.508 e. The zero-order valence-electron chi connectivity index (χ0n) is 10.0. The number of carbonyl (C=O) groups is 2. The van der Waals surface area contributed by atoms with Gasteiger partial charge < -0.3 is 15.1 Å². The zero-order chi connectivity index (χ0) is 13.3. The van der Waals surface area contributed by atoms with Gasteiger partial charge in [-0.05, 0) is 24.1 Å². The third-order valence-corrected chi connectivity index (χ3v) is 3.38. The van der Waals surface area contributed by atoms with Crippen molar-refractivity contribution in [3.63, 3.8) is 0 Å². The fourth-order valence-electron chi connectivity index (χ4n) is 2.52. The molecule has 1 heterocycles. The maximum absolute atomic E-state index is 11.4. The Morgan fingerprint density at radius 2 is 1.89 bits per heavy atom. The molecule has 1 aliphatic heterocycles. The fourth-order valence-corrected chi connectivity index (χ4v) is 2.52. The molecule has 1 aliphatic rings. The highest BCUT2D eigenvalue weighted by atomic mass is 16.4. The SMILES string of the molecule is CC(=O)N1CC[C@@H](c2ccc(O)cc2)[C@@H]1C(=O)O. The van der Waals surface area contributed by atoms with E-state index in [0.29, 0.717) is 13.0 Å². The van der Waals surface area contributed by atoms with E-state index in [9.17, 15) is 19.8 Å². The molecule has 2 N–H and O–H groups in total. The van der Waals surface area contributed by atoms with E-state index in [1.165, 1.54) is 24.0 Å². The first-order chi connectivity index (χ1) is 8.50. The monoisotopic (exact) mass is 249 g/mol. The third-order valence-electron chi connectivity index (χ3n) is 3.38. The number of carbonyl (C=O) groups excluding carboxylic acids is 1. The molecular weight excluding hydrogens is 234 g/mol. The number of carboxylic acids is 1. The summed E-state index contributed by atoms with van der Waals surface area (Å²) in [4.78, 5) is 24.1. The summed E-state index contributed by atoms with van der Waals surface area (Å²) in [7, 11) is 0. The molecule has 0 bridgehead atoms. The lowest BCUT2D eigenvalue weighted by atomic mass is 9.91. The summed E-state index contributed by atoms with van der Waals surface area (Å²) < 4.78 is 0. The summed E-state index contributed by atoms with van der Waals surface area (Å²) in [5.41, 5.74) is 0.837. The Hall–Kier alpha value is -2.04. The van der Waals surface area contributed by atoms with Crippen LogP contribution in [0.4, 0.5) is 0 Å².